The minimum absolute atomic E-state index is 0.0750. The molecule has 0 unspecified atom stereocenters. The third kappa shape index (κ3) is 4.53. The van der Waals surface area contributed by atoms with Crippen LogP contribution in [0.1, 0.15) is 18.0 Å². The molecule has 1 N–H and O–H groups in total. The number of hydrogen-bond acceptors (Lipinski definition) is 4. The van der Waals surface area contributed by atoms with Crippen LogP contribution in [0.5, 0.6) is 0 Å². The van der Waals surface area contributed by atoms with Gasteiger partial charge in [0.05, 0.1) is 17.4 Å². The Morgan fingerprint density at radius 1 is 0.900 bits per heavy atom. The highest BCUT2D eigenvalue weighted by atomic mass is 32.2. The molecule has 154 valence electrons. The molecule has 1 aliphatic rings. The van der Waals surface area contributed by atoms with E-state index in [0.717, 1.165) is 0 Å². The van der Waals surface area contributed by atoms with Gasteiger partial charge in [-0.1, -0.05) is 66.4 Å². The Morgan fingerprint density at radius 3 is 2.07 bits per heavy atom. The van der Waals surface area contributed by atoms with Crippen molar-refractivity contribution in [2.45, 2.75) is 22.3 Å². The van der Waals surface area contributed by atoms with Crippen molar-refractivity contribution in [1.82, 2.24) is 10.2 Å². The first-order chi connectivity index (χ1) is 14.6. The summed E-state index contributed by atoms with van der Waals surface area (Å²) in [5.41, 5.74) is 3.55. The standard InChI is InChI=1S/C25H27N3OS/c1-27(2)22(19-10-4-3-5-11-19)18-26-25(29)16-17-28-20-12-6-8-14-23(20)30-24-15-9-7-13-21(24)28/h3-15,22H,16-18H2,1-2H3,(H,26,29)/t22-/m0/s1. The number of amides is 1. The second-order valence-electron chi connectivity index (χ2n) is 7.63. The molecule has 0 radical (unpaired) electrons. The maximum atomic E-state index is 12.7. The predicted molar refractivity (Wildman–Crippen MR) is 125 cm³/mol. The Balaban J connectivity index is 1.42. The first-order valence-electron chi connectivity index (χ1n) is 10.2. The minimum atomic E-state index is 0.0750. The van der Waals surface area contributed by atoms with Crippen molar-refractivity contribution in [3.8, 4) is 0 Å². The highest BCUT2D eigenvalue weighted by Crippen LogP contribution is 2.47. The molecule has 0 aliphatic carbocycles. The van der Waals surface area contributed by atoms with Crippen LogP contribution in [0.3, 0.4) is 0 Å². The molecule has 0 spiro atoms. The quantitative estimate of drug-likeness (QED) is 0.580. The zero-order chi connectivity index (χ0) is 20.9. The van der Waals surface area contributed by atoms with Crippen LogP contribution in [0.25, 0.3) is 0 Å². The molecule has 0 aromatic heterocycles. The van der Waals surface area contributed by atoms with Crippen molar-refractivity contribution in [1.29, 1.82) is 0 Å². The highest BCUT2D eigenvalue weighted by Gasteiger charge is 2.23. The van der Waals surface area contributed by atoms with Gasteiger partial charge in [-0.15, -0.1) is 0 Å². The lowest BCUT2D eigenvalue weighted by Crippen LogP contribution is -2.36. The number of rotatable bonds is 7. The van der Waals surface area contributed by atoms with E-state index >= 15 is 0 Å². The fraction of sp³-hybridized carbons (Fsp3) is 0.240. The highest BCUT2D eigenvalue weighted by molar-refractivity contribution is 7.99. The molecule has 4 nitrogen and oxygen atoms in total. The van der Waals surface area contributed by atoms with Gasteiger partial charge in [-0.2, -0.15) is 0 Å². The largest absolute Gasteiger partial charge is 0.354 e. The third-order valence-corrected chi connectivity index (χ3v) is 6.53. The first kappa shape index (κ1) is 20.5. The number of fused-ring (bicyclic) bond motifs is 2. The van der Waals surface area contributed by atoms with E-state index in [9.17, 15) is 4.79 Å². The molecule has 5 heteroatoms. The molecule has 1 atom stereocenters. The molecule has 1 aliphatic heterocycles. The van der Waals surface area contributed by atoms with E-state index in [2.05, 4.69) is 75.8 Å². The van der Waals surface area contributed by atoms with E-state index in [0.29, 0.717) is 19.5 Å². The van der Waals surface area contributed by atoms with Gasteiger partial charge >= 0.3 is 0 Å². The van der Waals surface area contributed by atoms with Crippen LogP contribution >= 0.6 is 11.8 Å². The van der Waals surface area contributed by atoms with Crippen molar-refractivity contribution in [2.24, 2.45) is 0 Å². The van der Waals surface area contributed by atoms with Crippen LogP contribution in [0.4, 0.5) is 11.4 Å². The van der Waals surface area contributed by atoms with E-state index < -0.39 is 0 Å². The summed E-state index contributed by atoms with van der Waals surface area (Å²) in [7, 11) is 4.09. The number of nitrogens with one attached hydrogen (secondary N) is 1. The molecule has 1 amide bonds. The number of benzene rings is 3. The number of carbonyl (C=O) groups excluding carboxylic acids is 1. The maximum absolute atomic E-state index is 12.7. The maximum Gasteiger partial charge on any atom is 0.221 e. The molecule has 1 heterocycles. The number of anilines is 2. The van der Waals surface area contributed by atoms with Crippen molar-refractivity contribution in [2.75, 3.05) is 32.1 Å². The van der Waals surface area contributed by atoms with Crippen molar-refractivity contribution in [3.05, 3.63) is 84.4 Å². The Morgan fingerprint density at radius 2 is 1.47 bits per heavy atom. The van der Waals surface area contributed by atoms with Gasteiger partial charge < -0.3 is 15.1 Å². The second kappa shape index (κ2) is 9.37. The van der Waals surface area contributed by atoms with Gasteiger partial charge in [-0.3, -0.25) is 4.79 Å². The molecular formula is C25H27N3OS. The van der Waals surface area contributed by atoms with Gasteiger partial charge in [0, 0.05) is 29.3 Å². The second-order valence-corrected chi connectivity index (χ2v) is 8.72. The lowest BCUT2D eigenvalue weighted by molar-refractivity contribution is -0.121. The van der Waals surface area contributed by atoms with Gasteiger partial charge in [-0.05, 0) is 43.9 Å². The average molecular weight is 418 g/mol. The number of para-hydroxylation sites is 2. The van der Waals surface area contributed by atoms with Crippen LogP contribution in [-0.2, 0) is 4.79 Å². The molecular weight excluding hydrogens is 390 g/mol. The predicted octanol–water partition coefficient (Wildman–Crippen LogP) is 5.10. The first-order valence-corrected chi connectivity index (χ1v) is 11.1. The summed E-state index contributed by atoms with van der Waals surface area (Å²) in [4.78, 5) is 19.6. The Hall–Kier alpha value is -2.76. The lowest BCUT2D eigenvalue weighted by atomic mass is 10.1. The lowest BCUT2D eigenvalue weighted by Gasteiger charge is -2.32. The van der Waals surface area contributed by atoms with Crippen LogP contribution in [0.15, 0.2) is 88.7 Å². The zero-order valence-corrected chi connectivity index (χ0v) is 18.2. The number of nitrogens with zero attached hydrogens (tertiary/aromatic N) is 2. The smallest absolute Gasteiger partial charge is 0.221 e. The van der Waals surface area contributed by atoms with Crippen molar-refractivity contribution >= 4 is 29.0 Å². The third-order valence-electron chi connectivity index (χ3n) is 5.39. The zero-order valence-electron chi connectivity index (χ0n) is 17.4. The van der Waals surface area contributed by atoms with E-state index in [-0.39, 0.29) is 11.9 Å². The van der Waals surface area contributed by atoms with E-state index in [1.165, 1.54) is 26.7 Å². The van der Waals surface area contributed by atoms with Gasteiger partial charge in [0.25, 0.3) is 0 Å². The summed E-state index contributed by atoms with van der Waals surface area (Å²) in [6.07, 6.45) is 0.447. The molecule has 30 heavy (non-hydrogen) atoms. The fourth-order valence-corrected chi connectivity index (χ4v) is 4.90. The number of carbonyl (C=O) groups is 1. The van der Waals surface area contributed by atoms with Gasteiger partial charge in [0.1, 0.15) is 0 Å². The van der Waals surface area contributed by atoms with Gasteiger partial charge in [-0.25, -0.2) is 0 Å². The fourth-order valence-electron chi connectivity index (χ4n) is 3.81. The molecule has 0 bridgehead atoms. The topological polar surface area (TPSA) is 35.6 Å². The van der Waals surface area contributed by atoms with Gasteiger partial charge in [0.2, 0.25) is 5.91 Å². The van der Waals surface area contributed by atoms with Crippen LogP contribution in [0.2, 0.25) is 0 Å². The summed E-state index contributed by atoms with van der Waals surface area (Å²) in [5.74, 6) is 0.0750. The number of hydrogen-bond donors (Lipinski definition) is 1. The molecule has 3 aromatic carbocycles. The molecule has 0 saturated heterocycles. The Bertz CT molecular complexity index is 961. The molecule has 0 fully saturated rings. The van der Waals surface area contributed by atoms with Gasteiger partial charge in [0.15, 0.2) is 0 Å². The SMILES string of the molecule is CN(C)[C@@H](CNC(=O)CCN1c2ccccc2Sc2ccccc21)c1ccccc1. The van der Waals surface area contributed by atoms with E-state index in [1.807, 2.05) is 32.3 Å². The Labute approximate surface area is 182 Å². The van der Waals surface area contributed by atoms with Crippen LogP contribution in [0, 0.1) is 0 Å². The number of likely N-dealkylation sites (N-methyl/N-ethyl adjacent to an activating group) is 1. The van der Waals surface area contributed by atoms with Crippen molar-refractivity contribution in [3.63, 3.8) is 0 Å². The van der Waals surface area contributed by atoms with E-state index in [4.69, 9.17) is 0 Å². The summed E-state index contributed by atoms with van der Waals surface area (Å²) >= 11 is 1.79. The normalized spacial score (nSPS) is 13.5. The average Bonchev–Trinajstić information content (AvgIpc) is 2.77. The summed E-state index contributed by atoms with van der Waals surface area (Å²) in [6, 6.07) is 27.3. The van der Waals surface area contributed by atoms with Crippen molar-refractivity contribution < 1.29 is 4.79 Å². The molecule has 0 saturated carbocycles. The summed E-state index contributed by atoms with van der Waals surface area (Å²) < 4.78 is 0. The molecule has 4 rings (SSSR count). The Kier molecular flexibility index (Phi) is 6.41. The summed E-state index contributed by atoms with van der Waals surface area (Å²) in [5, 5.41) is 3.14. The van der Waals surface area contributed by atoms with Crippen LogP contribution in [-0.4, -0.2) is 38.0 Å². The van der Waals surface area contributed by atoms with Crippen LogP contribution < -0.4 is 10.2 Å². The summed E-state index contributed by atoms with van der Waals surface area (Å²) in [6.45, 7) is 1.25. The monoisotopic (exact) mass is 417 g/mol. The molecule has 3 aromatic rings. The van der Waals surface area contributed by atoms with E-state index in [1.54, 1.807) is 11.8 Å². The minimum Gasteiger partial charge on any atom is -0.354 e.